The van der Waals surface area contributed by atoms with Gasteiger partial charge in [-0.1, -0.05) is 0 Å². The molecule has 6 heavy (non-hydrogen) atoms. The summed E-state index contributed by atoms with van der Waals surface area (Å²) in [4.78, 5) is 0. The smallest absolute Gasteiger partial charge is 1.00 e. The van der Waals surface area contributed by atoms with E-state index in [1.54, 1.807) is 13.8 Å². The summed E-state index contributed by atoms with van der Waals surface area (Å²) < 4.78 is 0. The minimum absolute atomic E-state index is 0. The van der Waals surface area contributed by atoms with Crippen molar-refractivity contribution in [2.24, 2.45) is 0 Å². The van der Waals surface area contributed by atoms with Crippen LogP contribution >= 0.6 is 0 Å². The van der Waals surface area contributed by atoms with Crippen molar-refractivity contribution in [1.82, 2.24) is 0 Å². The third-order valence-corrected chi connectivity index (χ3v) is 0. The van der Waals surface area contributed by atoms with Crippen molar-refractivity contribution in [3.63, 3.8) is 0 Å². The fraction of sp³-hybridized carbons (Fsp3) is 1.00. The van der Waals surface area contributed by atoms with E-state index in [-0.39, 0.29) is 48.8 Å². The third-order valence-electron chi connectivity index (χ3n) is 0. The molecule has 0 fully saturated rings. The van der Waals surface area contributed by atoms with Crippen LogP contribution in [0, 0.1) is 0 Å². The Kier molecular flexibility index (Phi) is 25.0. The number of aliphatic hydroxyl groups excluding tert-OH is 1. The largest absolute Gasteiger partial charge is 1.00 e. The Labute approximate surface area is 67.7 Å². The molecular weight excluding hydrogens is 152 g/mol. The molecule has 0 aromatic rings. The molecule has 0 amide bonds. The Morgan fingerprint density at radius 3 is 1.50 bits per heavy atom. The summed E-state index contributed by atoms with van der Waals surface area (Å²) in [5.41, 5.74) is 0. The topological polar surface area (TPSA) is 20.2 Å². The second kappa shape index (κ2) is 9.57. The molecule has 0 aromatic heterocycles. The average Bonchev–Trinajstić information content (AvgIpc) is 0.811. The van der Waals surface area contributed by atoms with Gasteiger partial charge in [-0.15, -0.1) is 0 Å². The van der Waals surface area contributed by atoms with Crippen molar-refractivity contribution in [2.75, 3.05) is 0 Å². The number of rotatable bonds is 0. The Morgan fingerprint density at radius 2 is 1.50 bits per heavy atom. The molecule has 0 rings (SSSR count). The van der Waals surface area contributed by atoms with Gasteiger partial charge >= 0.3 is 18.9 Å². The third kappa shape index (κ3) is 58.1. The molecule has 0 bridgehead atoms. The molecule has 3 heteroatoms. The molecule has 1 N–H and O–H groups in total. The van der Waals surface area contributed by atoms with Gasteiger partial charge in [0.15, 0.2) is 0 Å². The summed E-state index contributed by atoms with van der Waals surface area (Å²) in [6, 6.07) is 0. The molecular formula is C3H9LiNbO. The monoisotopic (exact) mass is 161 g/mol. The van der Waals surface area contributed by atoms with E-state index in [0.29, 0.717) is 0 Å². The first kappa shape index (κ1) is 15.7. The summed E-state index contributed by atoms with van der Waals surface area (Å²) in [7, 11) is 0. The van der Waals surface area contributed by atoms with Gasteiger partial charge in [0.25, 0.3) is 0 Å². The summed E-state index contributed by atoms with van der Waals surface area (Å²) in [6.45, 7) is 3.44. The zero-order valence-electron chi connectivity index (χ0n) is 5.47. The van der Waals surface area contributed by atoms with Crippen LogP contribution in [0.1, 0.15) is 15.3 Å². The van der Waals surface area contributed by atoms with Gasteiger partial charge in [0.05, 0.1) is 0 Å². The Bertz CT molecular complexity index is 19.7. The van der Waals surface area contributed by atoms with Gasteiger partial charge in [-0.3, -0.25) is 0 Å². The maximum atomic E-state index is 8.06. The van der Waals surface area contributed by atoms with E-state index in [0.717, 1.165) is 0 Å². The van der Waals surface area contributed by atoms with Crippen molar-refractivity contribution in [3.05, 3.63) is 0 Å². The number of hydrogen-bond donors (Lipinski definition) is 1. The molecule has 0 aromatic carbocycles. The van der Waals surface area contributed by atoms with Gasteiger partial charge in [-0.05, 0) is 13.8 Å². The van der Waals surface area contributed by atoms with Crippen LogP contribution in [-0.2, 0) is 22.4 Å². The molecule has 0 spiro atoms. The van der Waals surface area contributed by atoms with Gasteiger partial charge in [0, 0.05) is 28.5 Å². The molecule has 0 aliphatic heterocycles. The summed E-state index contributed by atoms with van der Waals surface area (Å²) in [5.74, 6) is 0. The van der Waals surface area contributed by atoms with Gasteiger partial charge in [0.1, 0.15) is 0 Å². The second-order valence-electron chi connectivity index (χ2n) is 1.09. The molecule has 0 saturated heterocycles. The molecule has 0 saturated carbocycles. The zero-order chi connectivity index (χ0) is 3.58. The second-order valence-corrected chi connectivity index (χ2v) is 1.09. The molecule has 0 atom stereocenters. The maximum Gasteiger partial charge on any atom is 1.00 e. The standard InChI is InChI=1S/C3H8O.Li.Nb.H/c1-3(2)4;;;/h3-4H,1-2H3;;;/q;+1;;-1. The van der Waals surface area contributed by atoms with Crippen molar-refractivity contribution in [2.45, 2.75) is 20.0 Å². The van der Waals surface area contributed by atoms with Crippen LogP contribution < -0.4 is 18.9 Å². The fourth-order valence-electron chi connectivity index (χ4n) is 0. The van der Waals surface area contributed by atoms with E-state index >= 15 is 0 Å². The van der Waals surface area contributed by atoms with Crippen LogP contribution in [0.15, 0.2) is 0 Å². The quantitative estimate of drug-likeness (QED) is 0.389. The van der Waals surface area contributed by atoms with Gasteiger partial charge in [0.2, 0.25) is 0 Å². The molecule has 1 nitrogen and oxygen atoms in total. The molecule has 0 aliphatic rings. The molecule has 0 aliphatic carbocycles. The van der Waals surface area contributed by atoms with Crippen molar-refractivity contribution < 1.29 is 47.8 Å². The van der Waals surface area contributed by atoms with Gasteiger partial charge < -0.3 is 6.53 Å². The minimum Gasteiger partial charge on any atom is -1.00 e. The Morgan fingerprint density at radius 1 is 1.50 bits per heavy atom. The maximum absolute atomic E-state index is 8.06. The molecule has 1 radical (unpaired) electrons. The summed E-state index contributed by atoms with van der Waals surface area (Å²) in [6.07, 6.45) is -0.167. The predicted octanol–water partition coefficient (Wildman–Crippen LogP) is -2.50. The number of aliphatic hydroxyl groups is 1. The molecule has 33 valence electrons. The Balaban J connectivity index is -0.0000000150. The number of hydrogen-bond acceptors (Lipinski definition) is 1. The normalized spacial score (nSPS) is 6.00. The van der Waals surface area contributed by atoms with E-state index in [1.807, 2.05) is 0 Å². The Hall–Kier alpha value is 1.30. The van der Waals surface area contributed by atoms with Crippen LogP contribution in [-0.4, -0.2) is 11.2 Å². The van der Waals surface area contributed by atoms with Crippen molar-refractivity contribution >= 4 is 0 Å². The van der Waals surface area contributed by atoms with E-state index in [4.69, 9.17) is 5.11 Å². The molecule has 0 unspecified atom stereocenters. The SMILES string of the molecule is CC(C)O.[H-].[Li+].[Nb]. The fourth-order valence-corrected chi connectivity index (χ4v) is 0. The van der Waals surface area contributed by atoms with Crippen LogP contribution in [0.2, 0.25) is 0 Å². The predicted molar refractivity (Wildman–Crippen MR) is 18.5 cm³/mol. The molecule has 0 heterocycles. The minimum atomic E-state index is -0.167. The van der Waals surface area contributed by atoms with Gasteiger partial charge in [-0.2, -0.15) is 0 Å². The van der Waals surface area contributed by atoms with Crippen molar-refractivity contribution in [3.8, 4) is 0 Å². The first-order valence-electron chi connectivity index (χ1n) is 1.41. The first-order valence-corrected chi connectivity index (χ1v) is 1.41. The van der Waals surface area contributed by atoms with E-state index in [2.05, 4.69) is 0 Å². The van der Waals surface area contributed by atoms with Gasteiger partial charge in [-0.25, -0.2) is 0 Å². The van der Waals surface area contributed by atoms with E-state index in [9.17, 15) is 0 Å². The van der Waals surface area contributed by atoms with Crippen LogP contribution in [0.4, 0.5) is 0 Å². The summed E-state index contributed by atoms with van der Waals surface area (Å²) >= 11 is 0. The van der Waals surface area contributed by atoms with Crippen LogP contribution in [0.3, 0.4) is 0 Å². The summed E-state index contributed by atoms with van der Waals surface area (Å²) in [5, 5.41) is 8.06. The van der Waals surface area contributed by atoms with E-state index in [1.165, 1.54) is 0 Å². The van der Waals surface area contributed by atoms with Crippen molar-refractivity contribution in [1.29, 1.82) is 0 Å². The zero-order valence-corrected chi connectivity index (χ0v) is 6.67. The average molecular weight is 161 g/mol. The van der Waals surface area contributed by atoms with Crippen LogP contribution in [0.25, 0.3) is 0 Å². The van der Waals surface area contributed by atoms with E-state index < -0.39 is 0 Å². The van der Waals surface area contributed by atoms with Crippen LogP contribution in [0.5, 0.6) is 0 Å². The first-order chi connectivity index (χ1) is 1.73.